The first kappa shape index (κ1) is 9.92. The first-order chi connectivity index (χ1) is 5.31. The molecule has 0 atom stereocenters. The lowest BCUT2D eigenvalue weighted by Gasteiger charge is -1.90. The van der Waals surface area contributed by atoms with Gasteiger partial charge in [0, 0.05) is 6.54 Å². The molecule has 0 saturated heterocycles. The molecule has 3 nitrogen and oxygen atoms in total. The number of rotatable bonds is 4. The van der Waals surface area contributed by atoms with Gasteiger partial charge in [0.25, 0.3) is 0 Å². The quantitative estimate of drug-likeness (QED) is 0.347. The third-order valence-corrected chi connectivity index (χ3v) is 0.896. The molecular weight excluding hydrogens is 142 g/mol. The Labute approximate surface area is 66.8 Å². The molecule has 11 heavy (non-hydrogen) atoms. The molecule has 0 rings (SSSR count). The van der Waals surface area contributed by atoms with Crippen LogP contribution in [0.2, 0.25) is 0 Å². The van der Waals surface area contributed by atoms with Crippen LogP contribution in [-0.4, -0.2) is 25.0 Å². The maximum Gasteiger partial charge on any atom is 0.340 e. The van der Waals surface area contributed by atoms with Crippen LogP contribution in [0.25, 0.3) is 0 Å². The van der Waals surface area contributed by atoms with Gasteiger partial charge in [-0.1, -0.05) is 6.92 Å². The SMILES string of the molecule is CCCN=C=CC(=O)OCC. The number of hydrogen-bond donors (Lipinski definition) is 0. The number of ether oxygens (including phenoxy) is 1. The van der Waals surface area contributed by atoms with Crippen molar-refractivity contribution in [3.05, 3.63) is 6.08 Å². The van der Waals surface area contributed by atoms with Crippen molar-refractivity contribution in [3.8, 4) is 0 Å². The zero-order chi connectivity index (χ0) is 8.53. The summed E-state index contributed by atoms with van der Waals surface area (Å²) >= 11 is 0. The zero-order valence-electron chi connectivity index (χ0n) is 6.96. The lowest BCUT2D eigenvalue weighted by Crippen LogP contribution is -1.98. The fourth-order valence-corrected chi connectivity index (χ4v) is 0.459. The van der Waals surface area contributed by atoms with Gasteiger partial charge in [-0.15, -0.1) is 0 Å². The van der Waals surface area contributed by atoms with Crippen LogP contribution < -0.4 is 0 Å². The second-order valence-corrected chi connectivity index (χ2v) is 1.91. The third-order valence-electron chi connectivity index (χ3n) is 0.896. The molecule has 0 aromatic heterocycles. The molecular formula is C8H13NO2. The predicted molar refractivity (Wildman–Crippen MR) is 43.8 cm³/mol. The third kappa shape index (κ3) is 6.81. The van der Waals surface area contributed by atoms with Crippen molar-refractivity contribution < 1.29 is 9.53 Å². The highest BCUT2D eigenvalue weighted by molar-refractivity contribution is 5.90. The molecule has 0 amide bonds. The predicted octanol–water partition coefficient (Wildman–Crippen LogP) is 1.19. The molecule has 0 aliphatic carbocycles. The number of hydrogen-bond acceptors (Lipinski definition) is 3. The summed E-state index contributed by atoms with van der Waals surface area (Å²) in [6.45, 7) is 4.87. The molecule has 0 radical (unpaired) electrons. The second kappa shape index (κ2) is 7.03. The highest BCUT2D eigenvalue weighted by Crippen LogP contribution is 1.77. The molecule has 0 heterocycles. The van der Waals surface area contributed by atoms with Gasteiger partial charge < -0.3 is 4.74 Å². The van der Waals surface area contributed by atoms with Gasteiger partial charge >= 0.3 is 5.97 Å². The van der Waals surface area contributed by atoms with E-state index in [0.29, 0.717) is 13.2 Å². The van der Waals surface area contributed by atoms with Crippen molar-refractivity contribution in [2.24, 2.45) is 4.99 Å². The Balaban J connectivity index is 3.63. The molecule has 3 heteroatoms. The second-order valence-electron chi connectivity index (χ2n) is 1.91. The van der Waals surface area contributed by atoms with Gasteiger partial charge in [0.05, 0.1) is 12.7 Å². The Hall–Kier alpha value is -1.08. The summed E-state index contributed by atoms with van der Waals surface area (Å²) in [6, 6.07) is 0. The number of aliphatic imine (C=N–C) groups is 1. The summed E-state index contributed by atoms with van der Waals surface area (Å²) in [4.78, 5) is 14.4. The first-order valence-electron chi connectivity index (χ1n) is 3.73. The summed E-state index contributed by atoms with van der Waals surface area (Å²) < 4.78 is 4.61. The van der Waals surface area contributed by atoms with Gasteiger partial charge in [-0.3, -0.25) is 0 Å². The largest absolute Gasteiger partial charge is 0.462 e. The highest BCUT2D eigenvalue weighted by atomic mass is 16.5. The molecule has 0 aliphatic heterocycles. The maximum absolute atomic E-state index is 10.6. The van der Waals surface area contributed by atoms with Crippen LogP contribution in [0.3, 0.4) is 0 Å². The lowest BCUT2D eigenvalue weighted by molar-refractivity contribution is -0.137. The number of nitrogens with zero attached hydrogens (tertiary/aromatic N) is 1. The van der Waals surface area contributed by atoms with Crippen LogP contribution in [0.1, 0.15) is 20.3 Å². The molecule has 0 saturated carbocycles. The smallest absolute Gasteiger partial charge is 0.340 e. The standard InChI is InChI=1S/C8H13NO2/c1-3-6-9-7-5-8(10)11-4-2/h5H,3-4,6H2,1-2H3. The highest BCUT2D eigenvalue weighted by Gasteiger charge is 1.89. The van der Waals surface area contributed by atoms with Crippen LogP contribution in [0.4, 0.5) is 0 Å². The lowest BCUT2D eigenvalue weighted by atomic mass is 10.5. The summed E-state index contributed by atoms with van der Waals surface area (Å²) in [5.41, 5.74) is 0. The normalized spacial score (nSPS) is 8.18. The fourth-order valence-electron chi connectivity index (χ4n) is 0.459. The summed E-state index contributed by atoms with van der Waals surface area (Å²) in [5, 5.41) is 0. The number of carbonyl (C=O) groups excluding carboxylic acids is 1. The molecule has 0 spiro atoms. The van der Waals surface area contributed by atoms with Crippen molar-refractivity contribution >= 4 is 11.8 Å². The monoisotopic (exact) mass is 155 g/mol. The number of carbonyl (C=O) groups is 1. The van der Waals surface area contributed by atoms with Crippen molar-refractivity contribution in [1.29, 1.82) is 0 Å². The maximum atomic E-state index is 10.6. The molecule has 0 fully saturated rings. The van der Waals surface area contributed by atoms with Crippen molar-refractivity contribution in [2.75, 3.05) is 13.2 Å². The Morgan fingerprint density at radius 1 is 1.64 bits per heavy atom. The minimum absolute atomic E-state index is 0.382. The van der Waals surface area contributed by atoms with E-state index in [-0.39, 0.29) is 5.97 Å². The van der Waals surface area contributed by atoms with Gasteiger partial charge in [0.2, 0.25) is 0 Å². The van der Waals surface area contributed by atoms with Crippen molar-refractivity contribution in [3.63, 3.8) is 0 Å². The van der Waals surface area contributed by atoms with E-state index in [1.165, 1.54) is 6.08 Å². The van der Waals surface area contributed by atoms with E-state index in [4.69, 9.17) is 0 Å². The van der Waals surface area contributed by atoms with Crippen LogP contribution in [0, 0.1) is 0 Å². The minimum atomic E-state index is -0.382. The summed E-state index contributed by atoms with van der Waals surface area (Å²) in [5.74, 6) is 2.11. The molecule has 0 aliphatic rings. The van der Waals surface area contributed by atoms with E-state index >= 15 is 0 Å². The van der Waals surface area contributed by atoms with Gasteiger partial charge in [-0.25, -0.2) is 9.79 Å². The van der Waals surface area contributed by atoms with Gasteiger partial charge in [-0.2, -0.15) is 0 Å². The van der Waals surface area contributed by atoms with E-state index in [2.05, 4.69) is 15.6 Å². The van der Waals surface area contributed by atoms with Crippen molar-refractivity contribution in [1.82, 2.24) is 0 Å². The van der Waals surface area contributed by atoms with E-state index in [9.17, 15) is 4.79 Å². The average molecular weight is 155 g/mol. The first-order valence-corrected chi connectivity index (χ1v) is 3.73. The van der Waals surface area contributed by atoms with Crippen molar-refractivity contribution in [2.45, 2.75) is 20.3 Å². The van der Waals surface area contributed by atoms with E-state index in [1.54, 1.807) is 6.92 Å². The Bertz CT molecular complexity index is 169. The molecule has 62 valence electrons. The van der Waals surface area contributed by atoms with Crippen LogP contribution in [0.5, 0.6) is 0 Å². The molecule has 0 N–H and O–H groups in total. The Kier molecular flexibility index (Phi) is 6.34. The van der Waals surface area contributed by atoms with E-state index in [1.807, 2.05) is 6.92 Å². The van der Waals surface area contributed by atoms with Crippen LogP contribution >= 0.6 is 0 Å². The van der Waals surface area contributed by atoms with Crippen LogP contribution in [-0.2, 0) is 9.53 Å². The summed E-state index contributed by atoms with van der Waals surface area (Å²) in [7, 11) is 0. The zero-order valence-corrected chi connectivity index (χ0v) is 6.96. The minimum Gasteiger partial charge on any atom is -0.462 e. The number of esters is 1. The van der Waals surface area contributed by atoms with Gasteiger partial charge in [0.1, 0.15) is 0 Å². The Morgan fingerprint density at radius 3 is 2.91 bits per heavy atom. The molecule has 0 bridgehead atoms. The van der Waals surface area contributed by atoms with Gasteiger partial charge in [-0.05, 0) is 19.2 Å². The molecule has 0 unspecified atom stereocenters. The Morgan fingerprint density at radius 2 is 2.36 bits per heavy atom. The van der Waals surface area contributed by atoms with Crippen LogP contribution in [0.15, 0.2) is 11.1 Å². The fraction of sp³-hybridized carbons (Fsp3) is 0.625. The molecule has 0 aromatic rings. The van der Waals surface area contributed by atoms with E-state index in [0.717, 1.165) is 6.42 Å². The van der Waals surface area contributed by atoms with E-state index < -0.39 is 0 Å². The topological polar surface area (TPSA) is 38.7 Å². The summed E-state index contributed by atoms with van der Waals surface area (Å²) in [6.07, 6.45) is 2.17. The molecule has 0 aromatic carbocycles. The average Bonchev–Trinajstić information content (AvgIpc) is 1.99. The van der Waals surface area contributed by atoms with Gasteiger partial charge in [0.15, 0.2) is 0 Å².